The number of aromatic nitrogens is 2. The maximum absolute atomic E-state index is 5.26. The molecule has 0 atom stereocenters. The molecule has 1 aliphatic rings. The van der Waals surface area contributed by atoms with Crippen molar-refractivity contribution in [3.63, 3.8) is 0 Å². The number of hydrogen-bond acceptors (Lipinski definition) is 5. The summed E-state index contributed by atoms with van der Waals surface area (Å²) in [6.07, 6.45) is 3.24. The van der Waals surface area contributed by atoms with Crippen LogP contribution < -0.4 is 9.64 Å². The quantitative estimate of drug-likeness (QED) is 0.686. The van der Waals surface area contributed by atoms with E-state index in [4.69, 9.17) is 9.84 Å². The van der Waals surface area contributed by atoms with Gasteiger partial charge < -0.3 is 9.64 Å². The summed E-state index contributed by atoms with van der Waals surface area (Å²) in [7, 11) is 1.71. The van der Waals surface area contributed by atoms with Gasteiger partial charge in [-0.2, -0.15) is 16.4 Å². The predicted molar refractivity (Wildman–Crippen MR) is 107 cm³/mol. The van der Waals surface area contributed by atoms with E-state index < -0.39 is 0 Å². The van der Waals surface area contributed by atoms with Gasteiger partial charge in [0, 0.05) is 49.0 Å². The molecule has 4 rings (SSSR count). The molecule has 1 aliphatic heterocycles. The monoisotopic (exact) mass is 368 g/mol. The van der Waals surface area contributed by atoms with Gasteiger partial charge in [-0.15, -0.1) is 0 Å². The van der Waals surface area contributed by atoms with Gasteiger partial charge in [-0.3, -0.25) is 9.58 Å². The lowest BCUT2D eigenvalue weighted by atomic mass is 10.2. The van der Waals surface area contributed by atoms with E-state index in [0.717, 1.165) is 50.7 Å². The van der Waals surface area contributed by atoms with Gasteiger partial charge in [0.15, 0.2) is 0 Å². The van der Waals surface area contributed by atoms with Crippen molar-refractivity contribution in [2.24, 2.45) is 0 Å². The molecule has 0 aliphatic carbocycles. The molecule has 1 aromatic carbocycles. The van der Waals surface area contributed by atoms with Crippen molar-refractivity contribution in [1.82, 2.24) is 14.7 Å². The summed E-state index contributed by atoms with van der Waals surface area (Å²) in [6.45, 7) is 5.10. The Morgan fingerprint density at radius 3 is 2.69 bits per heavy atom. The fraction of sp³-hybridized carbons (Fsp3) is 0.350. The zero-order valence-corrected chi connectivity index (χ0v) is 15.9. The van der Waals surface area contributed by atoms with E-state index in [1.807, 2.05) is 12.1 Å². The van der Waals surface area contributed by atoms with Crippen LogP contribution in [0, 0.1) is 0 Å². The molecule has 0 N–H and O–H groups in total. The Kier molecular flexibility index (Phi) is 5.22. The number of rotatable bonds is 5. The minimum atomic E-state index is 0.848. The van der Waals surface area contributed by atoms with E-state index in [1.165, 1.54) is 11.3 Å². The second kappa shape index (κ2) is 7.93. The standard InChI is InChI=1S/C20H24N4OS/c1-25-19-5-3-18(4-6-19)23-10-2-9-22(12-13-23)16-24-11-7-20(21-24)17-8-14-26-15-17/h3-8,11,14-15H,2,9-10,12-13,16H2,1H3. The van der Waals surface area contributed by atoms with E-state index in [0.29, 0.717) is 0 Å². The highest BCUT2D eigenvalue weighted by atomic mass is 32.1. The lowest BCUT2D eigenvalue weighted by molar-refractivity contribution is 0.222. The van der Waals surface area contributed by atoms with Gasteiger partial charge in [0.25, 0.3) is 0 Å². The van der Waals surface area contributed by atoms with Gasteiger partial charge in [-0.25, -0.2) is 0 Å². The average Bonchev–Trinajstić information content (AvgIpc) is 3.31. The minimum Gasteiger partial charge on any atom is -0.497 e. The van der Waals surface area contributed by atoms with Crippen molar-refractivity contribution >= 4 is 17.0 Å². The molecular formula is C20H24N4OS. The first-order chi connectivity index (χ1) is 12.8. The third kappa shape index (κ3) is 3.92. The Balaban J connectivity index is 1.36. The molecule has 6 heteroatoms. The topological polar surface area (TPSA) is 33.5 Å². The average molecular weight is 369 g/mol. The largest absolute Gasteiger partial charge is 0.497 e. The molecule has 3 heterocycles. The number of methoxy groups -OCH3 is 1. The third-order valence-electron chi connectivity index (χ3n) is 4.83. The number of nitrogens with zero attached hydrogens (tertiary/aromatic N) is 4. The van der Waals surface area contributed by atoms with Crippen LogP contribution in [0.1, 0.15) is 6.42 Å². The summed E-state index contributed by atoms with van der Waals surface area (Å²) in [5, 5.41) is 8.97. The molecule has 136 valence electrons. The Hall–Kier alpha value is -2.31. The first-order valence-electron chi connectivity index (χ1n) is 8.99. The molecule has 0 saturated carbocycles. The van der Waals surface area contributed by atoms with Crippen molar-refractivity contribution in [1.29, 1.82) is 0 Å². The first-order valence-corrected chi connectivity index (χ1v) is 9.93. The summed E-state index contributed by atoms with van der Waals surface area (Å²) in [4.78, 5) is 4.94. The fourth-order valence-electron chi connectivity index (χ4n) is 3.37. The molecule has 0 radical (unpaired) electrons. The van der Waals surface area contributed by atoms with Gasteiger partial charge in [0.1, 0.15) is 5.75 Å². The zero-order valence-electron chi connectivity index (χ0n) is 15.0. The lowest BCUT2D eigenvalue weighted by Crippen LogP contribution is -2.32. The van der Waals surface area contributed by atoms with Crippen molar-refractivity contribution in [2.45, 2.75) is 13.1 Å². The van der Waals surface area contributed by atoms with Crippen molar-refractivity contribution in [2.75, 3.05) is 38.2 Å². The molecule has 1 saturated heterocycles. The summed E-state index contributed by atoms with van der Waals surface area (Å²) < 4.78 is 7.31. The third-order valence-corrected chi connectivity index (χ3v) is 5.51. The zero-order chi connectivity index (χ0) is 17.8. The van der Waals surface area contributed by atoms with Crippen LogP contribution in [0.3, 0.4) is 0 Å². The van der Waals surface area contributed by atoms with Crippen LogP contribution in [-0.4, -0.2) is 48.0 Å². The summed E-state index contributed by atoms with van der Waals surface area (Å²) in [5.41, 5.74) is 3.53. The molecule has 5 nitrogen and oxygen atoms in total. The van der Waals surface area contributed by atoms with Gasteiger partial charge in [-0.1, -0.05) is 0 Å². The number of hydrogen-bond donors (Lipinski definition) is 0. The number of benzene rings is 1. The molecule has 26 heavy (non-hydrogen) atoms. The molecule has 2 aromatic heterocycles. The first kappa shape index (κ1) is 17.1. The van der Waals surface area contributed by atoms with Crippen LogP contribution in [0.25, 0.3) is 11.3 Å². The predicted octanol–water partition coefficient (Wildman–Crippen LogP) is 3.79. The number of anilines is 1. The highest BCUT2D eigenvalue weighted by molar-refractivity contribution is 7.08. The van der Waals surface area contributed by atoms with Crippen molar-refractivity contribution in [3.05, 3.63) is 53.4 Å². The van der Waals surface area contributed by atoms with Crippen LogP contribution in [0.2, 0.25) is 0 Å². The van der Waals surface area contributed by atoms with Crippen LogP contribution in [-0.2, 0) is 6.67 Å². The molecule has 1 fully saturated rings. The summed E-state index contributed by atoms with van der Waals surface area (Å²) in [6, 6.07) is 12.6. The maximum atomic E-state index is 5.26. The van der Waals surface area contributed by atoms with E-state index >= 15 is 0 Å². The van der Waals surface area contributed by atoms with Gasteiger partial charge in [0.2, 0.25) is 0 Å². The van der Waals surface area contributed by atoms with Crippen LogP contribution in [0.4, 0.5) is 5.69 Å². The Bertz CT molecular complexity index is 813. The molecule has 3 aromatic rings. The summed E-state index contributed by atoms with van der Waals surface area (Å²) in [5.74, 6) is 0.908. The van der Waals surface area contributed by atoms with Crippen LogP contribution >= 0.6 is 11.3 Å². The second-order valence-corrected chi connectivity index (χ2v) is 7.33. The van der Waals surface area contributed by atoms with Crippen molar-refractivity contribution < 1.29 is 4.74 Å². The Labute approximate surface area is 158 Å². The molecular weight excluding hydrogens is 344 g/mol. The van der Waals surface area contributed by atoms with Gasteiger partial charge in [0.05, 0.1) is 19.5 Å². The number of ether oxygens (including phenoxy) is 1. The Morgan fingerprint density at radius 1 is 1.04 bits per heavy atom. The molecule has 0 bridgehead atoms. The SMILES string of the molecule is COc1ccc(N2CCCN(Cn3ccc(-c4ccsc4)n3)CC2)cc1. The Morgan fingerprint density at radius 2 is 1.92 bits per heavy atom. The smallest absolute Gasteiger partial charge is 0.119 e. The molecule has 0 amide bonds. The molecule has 0 spiro atoms. The normalized spacial score (nSPS) is 15.8. The van der Waals surface area contributed by atoms with E-state index in [9.17, 15) is 0 Å². The van der Waals surface area contributed by atoms with E-state index in [1.54, 1.807) is 18.4 Å². The van der Waals surface area contributed by atoms with Gasteiger partial charge >= 0.3 is 0 Å². The van der Waals surface area contributed by atoms with Crippen LogP contribution in [0.5, 0.6) is 5.75 Å². The van der Waals surface area contributed by atoms with Crippen LogP contribution in [0.15, 0.2) is 53.4 Å². The van der Waals surface area contributed by atoms with E-state index in [2.05, 4.69) is 55.7 Å². The molecule has 0 unspecified atom stereocenters. The van der Waals surface area contributed by atoms with Crippen molar-refractivity contribution in [3.8, 4) is 17.0 Å². The fourth-order valence-corrected chi connectivity index (χ4v) is 4.02. The van der Waals surface area contributed by atoms with E-state index in [-0.39, 0.29) is 0 Å². The minimum absolute atomic E-state index is 0.848. The highest BCUT2D eigenvalue weighted by Crippen LogP contribution is 2.22. The summed E-state index contributed by atoms with van der Waals surface area (Å²) >= 11 is 1.71. The van der Waals surface area contributed by atoms with Gasteiger partial charge in [-0.05, 0) is 48.2 Å². The second-order valence-electron chi connectivity index (χ2n) is 6.55. The highest BCUT2D eigenvalue weighted by Gasteiger charge is 2.16. The maximum Gasteiger partial charge on any atom is 0.119 e. The lowest BCUT2D eigenvalue weighted by Gasteiger charge is -2.23. The number of thiophene rings is 1.